The molecule has 154 valence electrons. The van der Waals surface area contributed by atoms with Crippen LogP contribution < -0.4 is 0 Å². The minimum atomic E-state index is -6.09. The van der Waals surface area contributed by atoms with E-state index < -0.39 is 31.3 Å². The molecule has 0 aromatic heterocycles. The van der Waals surface area contributed by atoms with E-state index in [4.69, 9.17) is 25.9 Å². The predicted molar refractivity (Wildman–Crippen MR) is 60.7 cm³/mol. The molecule has 12 nitrogen and oxygen atoms in total. The van der Waals surface area contributed by atoms with E-state index in [-0.39, 0.29) is 49.9 Å². The van der Waals surface area contributed by atoms with E-state index in [9.17, 15) is 26.3 Å². The zero-order valence-corrected chi connectivity index (χ0v) is 13.1. The minimum absolute atomic E-state index is 0. The van der Waals surface area contributed by atoms with Crippen molar-refractivity contribution < 1.29 is 102 Å². The second-order valence-corrected chi connectivity index (χ2v) is 4.54. The third-order valence-corrected chi connectivity index (χ3v) is 1.70. The zero-order chi connectivity index (χ0) is 14.0. The van der Waals surface area contributed by atoms with Gasteiger partial charge in [-0.15, -0.1) is 0 Å². The summed E-state index contributed by atoms with van der Waals surface area (Å²) < 4.78 is 118. The Bertz CT molecular complexity index is 381. The molecule has 21 heteroatoms. The summed E-state index contributed by atoms with van der Waals surface area (Å²) in [5, 5.41) is 0. The first-order valence-electron chi connectivity index (χ1n) is 2.54. The van der Waals surface area contributed by atoms with Crippen molar-refractivity contribution >= 4 is 20.2 Å². The summed E-state index contributed by atoms with van der Waals surface area (Å²) in [5.41, 5.74) is -11.3. The van der Waals surface area contributed by atoms with Gasteiger partial charge in [-0.1, -0.05) is 0 Å². The van der Waals surface area contributed by atoms with Gasteiger partial charge in [0.25, 0.3) is 0 Å². The van der Waals surface area contributed by atoms with Gasteiger partial charge in [0.05, 0.1) is 0 Å². The Morgan fingerprint density at radius 3 is 0.565 bits per heavy atom. The Morgan fingerprint density at radius 2 is 0.565 bits per heavy atom. The van der Waals surface area contributed by atoms with Gasteiger partial charge in [0.15, 0.2) is 20.2 Å². The van der Waals surface area contributed by atoms with Crippen LogP contribution in [0, 0.1) is 0 Å². The Labute approximate surface area is 134 Å². The van der Waals surface area contributed by atoms with Gasteiger partial charge < -0.3 is 42.0 Å². The van der Waals surface area contributed by atoms with Gasteiger partial charge in [-0.2, -0.15) is 26.3 Å². The summed E-state index contributed by atoms with van der Waals surface area (Å²) in [6.07, 6.45) is 0. The first-order chi connectivity index (χ1) is 6.50. The Hall–Kier alpha value is -0.321. The largest absolute Gasteiger partial charge is 2.00 e. The van der Waals surface area contributed by atoms with E-state index in [1.807, 2.05) is 0 Å². The SMILES string of the molecule is O=S(=O)([O-])C(F)(F)F.O=S(=O)([O-])C(F)(F)F.[Fe+2].[OH3+].[OH3+].[OH3+].[OH3+].[OH3+].[OH3+]. The van der Waals surface area contributed by atoms with Crippen molar-refractivity contribution in [1.29, 1.82) is 0 Å². The standard InChI is InChI=1S/2CHF3O3S.Fe.6H2O/c2*2-1(3,4)8(5,6)7;;;;;;;/h2*(H,5,6,7);;6*1H2/q;;+2;;;;;;/p+4. The van der Waals surface area contributed by atoms with Crippen LogP contribution in [0.1, 0.15) is 0 Å². The second-order valence-electron chi connectivity index (χ2n) is 1.80. The molecule has 0 bridgehead atoms. The number of halogens is 6. The monoisotopic (exact) mass is 468 g/mol. The summed E-state index contributed by atoms with van der Waals surface area (Å²) in [5.74, 6) is 0. The fourth-order valence-corrected chi connectivity index (χ4v) is 0. The van der Waals surface area contributed by atoms with Gasteiger partial charge in [-0.05, 0) is 0 Å². The molecule has 23 heavy (non-hydrogen) atoms. The molecular weight excluding hydrogens is 450 g/mol. The van der Waals surface area contributed by atoms with Crippen molar-refractivity contribution in [3.63, 3.8) is 0 Å². The van der Waals surface area contributed by atoms with Crippen LogP contribution in [0.5, 0.6) is 0 Å². The first kappa shape index (κ1) is 57.0. The van der Waals surface area contributed by atoms with E-state index in [2.05, 4.69) is 0 Å². The minimum Gasteiger partial charge on any atom is -0.741 e. The molecule has 0 aromatic carbocycles. The molecule has 0 amide bonds. The fraction of sp³-hybridized carbons (Fsp3) is 1.00. The van der Waals surface area contributed by atoms with E-state index in [1.54, 1.807) is 0 Å². The molecule has 0 saturated heterocycles. The molecule has 0 aliphatic rings. The number of hydrogen-bond donors (Lipinski definition) is 0. The average molecular weight is 468 g/mol. The van der Waals surface area contributed by atoms with Gasteiger partial charge >= 0.3 is 28.1 Å². The molecule has 0 unspecified atom stereocenters. The summed E-state index contributed by atoms with van der Waals surface area (Å²) in [6, 6.07) is 0. The molecule has 18 N–H and O–H groups in total. The van der Waals surface area contributed by atoms with E-state index >= 15 is 0 Å². The quantitative estimate of drug-likeness (QED) is 0.110. The first-order valence-corrected chi connectivity index (χ1v) is 5.36. The molecule has 0 fully saturated rings. The van der Waals surface area contributed by atoms with Crippen LogP contribution in [0.25, 0.3) is 0 Å². The molecule has 0 rings (SSSR count). The van der Waals surface area contributed by atoms with E-state index in [1.165, 1.54) is 0 Å². The smallest absolute Gasteiger partial charge is 0.741 e. The maximum Gasteiger partial charge on any atom is 2.00 e. The van der Waals surface area contributed by atoms with Crippen LogP contribution in [-0.4, -0.2) is 37.0 Å². The van der Waals surface area contributed by atoms with E-state index in [0.29, 0.717) is 0 Å². The predicted octanol–water partition coefficient (Wildman–Crippen LogP) is -5.43. The molecule has 0 aromatic rings. The summed E-state index contributed by atoms with van der Waals surface area (Å²) in [6.45, 7) is 0. The van der Waals surface area contributed by atoms with Gasteiger partial charge in [-0.3, -0.25) is 0 Å². The van der Waals surface area contributed by atoms with Gasteiger partial charge in [-0.25, -0.2) is 16.8 Å². The summed E-state index contributed by atoms with van der Waals surface area (Å²) >= 11 is 0. The molecule has 0 atom stereocenters. The van der Waals surface area contributed by atoms with Gasteiger partial charge in [0.2, 0.25) is 0 Å². The average Bonchev–Trinajstić information content (AvgIpc) is 1.77. The molecule has 0 aliphatic heterocycles. The molecule has 0 radical (unpaired) electrons. The fourth-order valence-electron chi connectivity index (χ4n) is 0. The Morgan fingerprint density at radius 1 is 0.522 bits per heavy atom. The van der Waals surface area contributed by atoms with Gasteiger partial charge in [0, 0.05) is 0 Å². The molecule has 0 saturated carbocycles. The number of hydrogen-bond acceptors (Lipinski definition) is 6. The van der Waals surface area contributed by atoms with Crippen molar-refractivity contribution in [2.24, 2.45) is 0 Å². The normalized spacial score (nSPS) is 9.74. The van der Waals surface area contributed by atoms with Crippen LogP contribution in [-0.2, 0) is 70.2 Å². The molecule has 0 aliphatic carbocycles. The van der Waals surface area contributed by atoms with Crippen LogP contribution >= 0.6 is 0 Å². The van der Waals surface area contributed by atoms with Crippen LogP contribution in [0.3, 0.4) is 0 Å². The maximum atomic E-state index is 10.7. The second kappa shape index (κ2) is 16.5. The topological polar surface area (TPSA) is 312 Å². The van der Waals surface area contributed by atoms with Crippen molar-refractivity contribution in [3.8, 4) is 0 Å². The summed E-state index contributed by atoms with van der Waals surface area (Å²) in [4.78, 5) is 0. The third-order valence-electron chi connectivity index (χ3n) is 0.567. The number of alkyl halides is 6. The van der Waals surface area contributed by atoms with Crippen molar-refractivity contribution in [3.05, 3.63) is 0 Å². The van der Waals surface area contributed by atoms with Crippen molar-refractivity contribution in [1.82, 2.24) is 0 Å². The number of rotatable bonds is 0. The Balaban J connectivity index is -0.0000000187. The summed E-state index contributed by atoms with van der Waals surface area (Å²) in [7, 11) is -12.2. The van der Waals surface area contributed by atoms with Crippen LogP contribution in [0.4, 0.5) is 26.3 Å². The van der Waals surface area contributed by atoms with Crippen molar-refractivity contribution in [2.75, 3.05) is 0 Å². The third kappa shape index (κ3) is 26.9. The van der Waals surface area contributed by atoms with Crippen LogP contribution in [0.15, 0.2) is 0 Å². The van der Waals surface area contributed by atoms with E-state index in [0.717, 1.165) is 0 Å². The molecule has 0 heterocycles. The molecule has 0 spiro atoms. The zero-order valence-electron chi connectivity index (χ0n) is 10.4. The van der Waals surface area contributed by atoms with Crippen LogP contribution in [0.2, 0.25) is 0 Å². The molecular formula is C2H18F6FeO12S2+6. The maximum absolute atomic E-state index is 10.7. The van der Waals surface area contributed by atoms with Crippen molar-refractivity contribution in [2.45, 2.75) is 11.0 Å². The Kier molecular flexibility index (Phi) is 40.9. The van der Waals surface area contributed by atoms with Gasteiger partial charge in [0.1, 0.15) is 0 Å².